The van der Waals surface area contributed by atoms with E-state index in [1.807, 2.05) is 17.0 Å². The van der Waals surface area contributed by atoms with Crippen LogP contribution in [0.25, 0.3) is 0 Å². The van der Waals surface area contributed by atoms with Gasteiger partial charge < -0.3 is 15.0 Å². The van der Waals surface area contributed by atoms with Crippen LogP contribution in [0.15, 0.2) is 24.3 Å². The first-order valence-electron chi connectivity index (χ1n) is 13.4. The summed E-state index contributed by atoms with van der Waals surface area (Å²) < 4.78 is 5.65. The van der Waals surface area contributed by atoms with E-state index in [9.17, 15) is 9.59 Å². The van der Waals surface area contributed by atoms with Gasteiger partial charge in [0.2, 0.25) is 11.8 Å². The first-order chi connectivity index (χ1) is 16.5. The number of hydrogen-bond donors (Lipinski definition) is 1. The Hall–Kier alpha value is -1.59. The number of halogens is 1. The average molecular weight is 485 g/mol. The van der Waals surface area contributed by atoms with E-state index in [1.165, 1.54) is 24.8 Å². The van der Waals surface area contributed by atoms with Gasteiger partial charge in [-0.3, -0.25) is 9.59 Å². The minimum Gasteiger partial charge on any atom is -0.381 e. The molecule has 4 aliphatic carbocycles. The Morgan fingerprint density at radius 2 is 1.62 bits per heavy atom. The number of ether oxygens (including phenoxy) is 1. The zero-order valence-corrected chi connectivity index (χ0v) is 20.8. The molecule has 1 aromatic carbocycles. The molecule has 4 saturated carbocycles. The quantitative estimate of drug-likeness (QED) is 0.658. The number of nitrogens with one attached hydrogen (secondary N) is 1. The number of amides is 2. The second-order valence-corrected chi connectivity index (χ2v) is 12.4. The maximum absolute atomic E-state index is 14.0. The summed E-state index contributed by atoms with van der Waals surface area (Å²) in [5.41, 5.74) is 0.878. The lowest BCUT2D eigenvalue weighted by molar-refractivity contribution is -0.160. The minimum atomic E-state index is -0.317. The maximum atomic E-state index is 14.0. The van der Waals surface area contributed by atoms with Crippen LogP contribution in [0.4, 0.5) is 0 Å². The summed E-state index contributed by atoms with van der Waals surface area (Å²) in [6, 6.07) is 7.70. The van der Waals surface area contributed by atoms with Crippen molar-refractivity contribution in [2.45, 2.75) is 75.7 Å². The molecule has 2 amide bonds. The summed E-state index contributed by atoms with van der Waals surface area (Å²) in [4.78, 5) is 29.4. The monoisotopic (exact) mass is 484 g/mol. The predicted octanol–water partition coefficient (Wildman–Crippen LogP) is 4.71. The van der Waals surface area contributed by atoms with Crippen molar-refractivity contribution >= 4 is 23.4 Å². The van der Waals surface area contributed by atoms with Gasteiger partial charge in [0.25, 0.3) is 0 Å². The Morgan fingerprint density at radius 1 is 1.00 bits per heavy atom. The number of nitrogens with zero attached hydrogens (tertiary/aromatic N) is 1. The Balaban J connectivity index is 1.16. The molecule has 5 nitrogen and oxygen atoms in total. The van der Waals surface area contributed by atoms with Crippen molar-refractivity contribution in [2.24, 2.45) is 23.2 Å². The SMILES string of the molecule is O=C(NCC1(c2ccc(Cl)cc2)CCOCC1)C1CCCN1C(=O)C12CC3CC(CC(C3)C1)C2. The molecule has 1 aromatic rings. The maximum Gasteiger partial charge on any atom is 0.242 e. The molecule has 184 valence electrons. The molecule has 7 rings (SSSR count). The van der Waals surface area contributed by atoms with Crippen molar-refractivity contribution in [1.82, 2.24) is 10.2 Å². The predicted molar refractivity (Wildman–Crippen MR) is 132 cm³/mol. The summed E-state index contributed by atoms with van der Waals surface area (Å²) in [6.45, 7) is 2.69. The van der Waals surface area contributed by atoms with Crippen LogP contribution in [-0.2, 0) is 19.7 Å². The largest absolute Gasteiger partial charge is 0.381 e. The first kappa shape index (κ1) is 22.8. The molecule has 34 heavy (non-hydrogen) atoms. The summed E-state index contributed by atoms with van der Waals surface area (Å²) in [7, 11) is 0. The third kappa shape index (κ3) is 3.97. The van der Waals surface area contributed by atoms with Crippen LogP contribution in [0, 0.1) is 23.2 Å². The van der Waals surface area contributed by atoms with Crippen molar-refractivity contribution < 1.29 is 14.3 Å². The highest BCUT2D eigenvalue weighted by molar-refractivity contribution is 6.30. The molecule has 4 bridgehead atoms. The standard InChI is InChI=1S/C28H37ClN2O3/c29-23-5-3-22(4-6-23)27(7-10-34-11-8-27)18-30-25(32)24-2-1-9-31(24)26(33)28-15-19-12-20(16-28)14-21(13-19)17-28/h3-6,19-21,24H,1-2,7-18H2,(H,30,32). The molecule has 0 radical (unpaired) electrons. The normalized spacial score (nSPS) is 36.0. The minimum absolute atomic E-state index is 0.0235. The van der Waals surface area contributed by atoms with Gasteiger partial charge in [0.1, 0.15) is 6.04 Å². The highest BCUT2D eigenvalue weighted by Gasteiger charge is 2.56. The number of benzene rings is 1. The third-order valence-corrected chi connectivity index (χ3v) is 10.1. The second kappa shape index (κ2) is 8.81. The fourth-order valence-corrected chi connectivity index (χ4v) is 8.59. The summed E-state index contributed by atoms with van der Waals surface area (Å²) in [6.07, 6.45) is 10.6. The van der Waals surface area contributed by atoms with Crippen molar-refractivity contribution in [3.8, 4) is 0 Å². The Bertz CT molecular complexity index is 904. The van der Waals surface area contributed by atoms with E-state index in [2.05, 4.69) is 17.4 Å². The smallest absolute Gasteiger partial charge is 0.242 e. The van der Waals surface area contributed by atoms with Crippen molar-refractivity contribution in [3.05, 3.63) is 34.9 Å². The summed E-state index contributed by atoms with van der Waals surface area (Å²) in [5, 5.41) is 4.01. The Labute approximate surface area is 207 Å². The fourth-order valence-electron chi connectivity index (χ4n) is 8.47. The van der Waals surface area contributed by atoms with Gasteiger partial charge in [-0.1, -0.05) is 23.7 Å². The van der Waals surface area contributed by atoms with Gasteiger partial charge in [0.15, 0.2) is 0 Å². The van der Waals surface area contributed by atoms with E-state index in [0.29, 0.717) is 25.7 Å². The van der Waals surface area contributed by atoms with Gasteiger partial charge >= 0.3 is 0 Å². The summed E-state index contributed by atoms with van der Waals surface area (Å²) in [5.74, 6) is 2.52. The molecule has 6 aliphatic rings. The van der Waals surface area contributed by atoms with Crippen molar-refractivity contribution in [3.63, 3.8) is 0 Å². The Kier molecular flexibility index (Phi) is 5.92. The lowest BCUT2D eigenvalue weighted by Crippen LogP contribution is -2.57. The lowest BCUT2D eigenvalue weighted by Gasteiger charge is -2.56. The van der Waals surface area contributed by atoms with E-state index in [1.54, 1.807) is 0 Å². The van der Waals surface area contributed by atoms with Gasteiger partial charge in [-0.2, -0.15) is 0 Å². The van der Waals surface area contributed by atoms with E-state index < -0.39 is 0 Å². The van der Waals surface area contributed by atoms with Gasteiger partial charge in [-0.15, -0.1) is 0 Å². The fraction of sp³-hybridized carbons (Fsp3) is 0.714. The van der Waals surface area contributed by atoms with Crippen LogP contribution < -0.4 is 5.32 Å². The highest BCUT2D eigenvalue weighted by Crippen LogP contribution is 2.60. The van der Waals surface area contributed by atoms with Gasteiger partial charge in [0, 0.05) is 36.7 Å². The third-order valence-electron chi connectivity index (χ3n) is 9.82. The zero-order valence-electron chi connectivity index (χ0n) is 20.1. The van der Waals surface area contributed by atoms with E-state index >= 15 is 0 Å². The van der Waals surface area contributed by atoms with Crippen molar-refractivity contribution in [1.29, 1.82) is 0 Å². The van der Waals surface area contributed by atoms with Crippen LogP contribution in [0.5, 0.6) is 0 Å². The molecule has 1 unspecified atom stereocenters. The number of hydrogen-bond acceptors (Lipinski definition) is 3. The van der Waals surface area contributed by atoms with Crippen LogP contribution in [0.3, 0.4) is 0 Å². The summed E-state index contributed by atoms with van der Waals surface area (Å²) >= 11 is 6.14. The Morgan fingerprint density at radius 3 is 2.24 bits per heavy atom. The molecule has 2 aliphatic heterocycles. The molecule has 1 N–H and O–H groups in total. The van der Waals surface area contributed by atoms with Crippen LogP contribution in [0.1, 0.15) is 69.8 Å². The van der Waals surface area contributed by atoms with E-state index in [-0.39, 0.29) is 22.8 Å². The second-order valence-electron chi connectivity index (χ2n) is 12.0. The topological polar surface area (TPSA) is 58.6 Å². The molecule has 1 atom stereocenters. The van der Waals surface area contributed by atoms with Gasteiger partial charge in [-0.25, -0.2) is 0 Å². The number of carbonyl (C=O) groups excluding carboxylic acids is 2. The molecule has 6 fully saturated rings. The molecular formula is C28H37ClN2O3. The molecule has 2 heterocycles. The molecule has 6 heteroatoms. The zero-order chi connectivity index (χ0) is 23.3. The van der Waals surface area contributed by atoms with Gasteiger partial charge in [-0.05, 0) is 99.7 Å². The van der Waals surface area contributed by atoms with Crippen LogP contribution in [0.2, 0.25) is 5.02 Å². The van der Waals surface area contributed by atoms with Gasteiger partial charge in [0.05, 0.1) is 5.41 Å². The highest BCUT2D eigenvalue weighted by atomic mass is 35.5. The number of rotatable bonds is 5. The molecule has 0 aromatic heterocycles. The van der Waals surface area contributed by atoms with Crippen molar-refractivity contribution in [2.75, 3.05) is 26.3 Å². The van der Waals surface area contributed by atoms with Crippen LogP contribution >= 0.6 is 11.6 Å². The molecular weight excluding hydrogens is 448 g/mol. The number of likely N-dealkylation sites (tertiary alicyclic amines) is 1. The van der Waals surface area contributed by atoms with Crippen LogP contribution in [-0.4, -0.2) is 49.1 Å². The lowest BCUT2D eigenvalue weighted by atomic mass is 9.49. The van der Waals surface area contributed by atoms with E-state index in [0.717, 1.165) is 74.3 Å². The molecule has 0 spiro atoms. The number of carbonyl (C=O) groups is 2. The molecule has 2 saturated heterocycles. The van der Waals surface area contributed by atoms with E-state index in [4.69, 9.17) is 16.3 Å². The average Bonchev–Trinajstić information content (AvgIpc) is 3.32. The first-order valence-corrected chi connectivity index (χ1v) is 13.8.